The third-order valence-corrected chi connectivity index (χ3v) is 7.00. The van der Waals surface area contributed by atoms with Gasteiger partial charge in [-0.1, -0.05) is 47.7 Å². The van der Waals surface area contributed by atoms with Crippen LogP contribution in [0.4, 0.5) is 0 Å². The summed E-state index contributed by atoms with van der Waals surface area (Å²) in [7, 11) is 4.14. The molecule has 1 atom stereocenters. The molecule has 2 aliphatic rings. The molecule has 1 saturated carbocycles. The highest BCUT2D eigenvalue weighted by Gasteiger charge is 2.28. The van der Waals surface area contributed by atoms with Crippen LogP contribution in [0.2, 0.25) is 5.02 Å². The van der Waals surface area contributed by atoms with E-state index in [1.807, 2.05) is 19.1 Å². The number of nitrogens with one attached hydrogen (secondary N) is 3. The predicted molar refractivity (Wildman–Crippen MR) is 138 cm³/mol. The van der Waals surface area contributed by atoms with E-state index in [1.165, 1.54) is 24.0 Å². The standard InChI is InChI=1S/C27H35ClN4O2/c1-17-22-14-21(28)11-13-23(22)30-25(17)27(34)31-24(12-10-18-4-5-18)26(33)29-15-19-6-8-20(9-7-19)16-32(2)3/h6,8,11,13-14,18,24,30H,4-5,7,9-10,12,15-16H2,1-3H3,(H,29,33)(H,31,34). The van der Waals surface area contributed by atoms with Crippen LogP contribution in [0.5, 0.6) is 0 Å². The van der Waals surface area contributed by atoms with Gasteiger partial charge >= 0.3 is 0 Å². The summed E-state index contributed by atoms with van der Waals surface area (Å²) in [5, 5.41) is 7.61. The molecule has 1 heterocycles. The van der Waals surface area contributed by atoms with Crippen LogP contribution in [0, 0.1) is 12.8 Å². The van der Waals surface area contributed by atoms with Gasteiger partial charge in [0.2, 0.25) is 5.91 Å². The second-order valence-electron chi connectivity index (χ2n) is 9.97. The Morgan fingerprint density at radius 2 is 1.91 bits per heavy atom. The molecule has 2 amide bonds. The highest BCUT2D eigenvalue weighted by molar-refractivity contribution is 6.31. The number of aryl methyl sites for hydroxylation is 1. The Labute approximate surface area is 206 Å². The van der Waals surface area contributed by atoms with Crippen LogP contribution in [0.15, 0.2) is 41.5 Å². The first-order chi connectivity index (χ1) is 16.3. The molecule has 6 nitrogen and oxygen atoms in total. The number of rotatable bonds is 10. The zero-order valence-corrected chi connectivity index (χ0v) is 21.1. The largest absolute Gasteiger partial charge is 0.351 e. The topological polar surface area (TPSA) is 77.2 Å². The minimum absolute atomic E-state index is 0.116. The maximum absolute atomic E-state index is 13.1. The van der Waals surface area contributed by atoms with Gasteiger partial charge in [-0.3, -0.25) is 9.59 Å². The van der Waals surface area contributed by atoms with Crippen LogP contribution < -0.4 is 10.6 Å². The molecule has 1 aromatic carbocycles. The highest BCUT2D eigenvalue weighted by Crippen LogP contribution is 2.34. The number of allylic oxidation sites excluding steroid dienone is 2. The van der Waals surface area contributed by atoms with Crippen molar-refractivity contribution in [2.45, 2.75) is 51.5 Å². The maximum atomic E-state index is 13.1. The second-order valence-corrected chi connectivity index (χ2v) is 10.4. The lowest BCUT2D eigenvalue weighted by Gasteiger charge is -2.21. The van der Waals surface area contributed by atoms with Gasteiger partial charge in [-0.25, -0.2) is 0 Å². The molecule has 0 saturated heterocycles. The Morgan fingerprint density at radius 3 is 2.59 bits per heavy atom. The van der Waals surface area contributed by atoms with Crippen LogP contribution >= 0.6 is 11.6 Å². The number of amides is 2. The van der Waals surface area contributed by atoms with Gasteiger partial charge in [0.15, 0.2) is 0 Å². The highest BCUT2D eigenvalue weighted by atomic mass is 35.5. The molecule has 0 bridgehead atoms. The molecule has 2 aliphatic carbocycles. The number of hydrogen-bond donors (Lipinski definition) is 3. The average molecular weight is 483 g/mol. The molecule has 4 rings (SSSR count). The van der Waals surface area contributed by atoms with Gasteiger partial charge in [0.1, 0.15) is 11.7 Å². The minimum Gasteiger partial charge on any atom is -0.351 e. The van der Waals surface area contributed by atoms with Crippen molar-refractivity contribution in [2.24, 2.45) is 5.92 Å². The number of aromatic nitrogens is 1. The molecule has 34 heavy (non-hydrogen) atoms. The van der Waals surface area contributed by atoms with E-state index in [9.17, 15) is 9.59 Å². The van der Waals surface area contributed by atoms with Crippen LogP contribution in [-0.2, 0) is 4.79 Å². The Morgan fingerprint density at radius 1 is 1.18 bits per heavy atom. The van der Waals surface area contributed by atoms with Gasteiger partial charge in [0, 0.05) is 29.0 Å². The molecule has 2 aromatic rings. The normalized spacial score (nSPS) is 16.9. The van der Waals surface area contributed by atoms with Crippen molar-refractivity contribution in [2.75, 3.05) is 27.2 Å². The van der Waals surface area contributed by atoms with Gasteiger partial charge in [-0.15, -0.1) is 0 Å². The molecule has 1 aromatic heterocycles. The van der Waals surface area contributed by atoms with E-state index in [1.54, 1.807) is 6.07 Å². The van der Waals surface area contributed by atoms with E-state index in [0.29, 0.717) is 29.6 Å². The molecule has 0 spiro atoms. The lowest BCUT2D eigenvalue weighted by Crippen LogP contribution is -2.47. The van der Waals surface area contributed by atoms with Crippen molar-refractivity contribution in [3.63, 3.8) is 0 Å². The van der Waals surface area contributed by atoms with Gasteiger partial charge < -0.3 is 20.5 Å². The molecule has 1 unspecified atom stereocenters. The number of H-pyrrole nitrogens is 1. The van der Waals surface area contributed by atoms with Crippen LogP contribution in [-0.4, -0.2) is 54.9 Å². The first-order valence-electron chi connectivity index (χ1n) is 12.2. The van der Waals surface area contributed by atoms with Crippen LogP contribution in [0.1, 0.15) is 54.6 Å². The number of hydrogen-bond acceptors (Lipinski definition) is 3. The average Bonchev–Trinajstić information content (AvgIpc) is 3.58. The molecule has 3 N–H and O–H groups in total. The first-order valence-corrected chi connectivity index (χ1v) is 12.6. The van der Waals surface area contributed by atoms with Crippen molar-refractivity contribution < 1.29 is 9.59 Å². The number of carbonyl (C=O) groups excluding carboxylic acids is 2. The Hall–Kier alpha value is -2.57. The van der Waals surface area contributed by atoms with E-state index in [4.69, 9.17) is 11.6 Å². The first kappa shape index (κ1) is 24.6. The molecular weight excluding hydrogens is 448 g/mol. The lowest BCUT2D eigenvalue weighted by molar-refractivity contribution is -0.123. The summed E-state index contributed by atoms with van der Waals surface area (Å²) in [4.78, 5) is 31.6. The summed E-state index contributed by atoms with van der Waals surface area (Å²) >= 11 is 6.13. The number of benzene rings is 1. The van der Waals surface area contributed by atoms with E-state index in [-0.39, 0.29) is 11.8 Å². The van der Waals surface area contributed by atoms with Crippen molar-refractivity contribution in [1.29, 1.82) is 0 Å². The summed E-state index contributed by atoms with van der Waals surface area (Å²) in [5.74, 6) is 0.314. The van der Waals surface area contributed by atoms with Crippen molar-refractivity contribution >= 4 is 34.3 Å². The van der Waals surface area contributed by atoms with Crippen molar-refractivity contribution in [3.8, 4) is 0 Å². The van der Waals surface area contributed by atoms with Crippen molar-refractivity contribution in [1.82, 2.24) is 20.5 Å². The Kier molecular flexibility index (Phi) is 7.79. The van der Waals surface area contributed by atoms with E-state index >= 15 is 0 Å². The smallest absolute Gasteiger partial charge is 0.268 e. The molecule has 0 aliphatic heterocycles. The van der Waals surface area contributed by atoms with E-state index in [0.717, 1.165) is 42.3 Å². The zero-order valence-electron chi connectivity index (χ0n) is 20.3. The second kappa shape index (κ2) is 10.8. The maximum Gasteiger partial charge on any atom is 0.268 e. The van der Waals surface area contributed by atoms with E-state index in [2.05, 4.69) is 46.8 Å². The molecule has 0 radical (unpaired) electrons. The summed E-state index contributed by atoms with van der Waals surface area (Å²) in [6, 6.07) is 4.97. The number of likely N-dealkylation sites (N-methyl/N-ethyl adjacent to an activating group) is 1. The number of nitrogens with zero attached hydrogens (tertiary/aromatic N) is 1. The monoisotopic (exact) mass is 482 g/mol. The zero-order chi connectivity index (χ0) is 24.2. The molecule has 1 fully saturated rings. The molecule has 182 valence electrons. The minimum atomic E-state index is -0.550. The fourth-order valence-corrected chi connectivity index (χ4v) is 4.74. The Bertz CT molecular complexity index is 1130. The van der Waals surface area contributed by atoms with E-state index < -0.39 is 6.04 Å². The van der Waals surface area contributed by atoms with Crippen molar-refractivity contribution in [3.05, 3.63) is 57.8 Å². The Balaban J connectivity index is 1.40. The summed E-state index contributed by atoms with van der Waals surface area (Å²) in [5.41, 5.74) is 4.80. The number of aromatic amines is 1. The predicted octanol–water partition coefficient (Wildman–Crippen LogP) is 4.74. The molecule has 7 heteroatoms. The number of fused-ring (bicyclic) bond motifs is 1. The van der Waals surface area contributed by atoms with Gasteiger partial charge in [0.25, 0.3) is 5.91 Å². The van der Waals surface area contributed by atoms with Gasteiger partial charge in [-0.2, -0.15) is 0 Å². The summed E-state index contributed by atoms with van der Waals surface area (Å²) < 4.78 is 0. The third kappa shape index (κ3) is 6.30. The molecular formula is C27H35ClN4O2. The quantitative estimate of drug-likeness (QED) is 0.457. The summed E-state index contributed by atoms with van der Waals surface area (Å²) in [6.07, 6.45) is 10.3. The third-order valence-electron chi connectivity index (χ3n) is 6.76. The van der Waals surface area contributed by atoms with Gasteiger partial charge in [0.05, 0.1) is 0 Å². The number of halogens is 1. The van der Waals surface area contributed by atoms with Gasteiger partial charge in [-0.05, 0) is 76.4 Å². The van der Waals surface area contributed by atoms with Crippen LogP contribution in [0.3, 0.4) is 0 Å². The lowest BCUT2D eigenvalue weighted by atomic mass is 9.98. The fourth-order valence-electron chi connectivity index (χ4n) is 4.57. The van der Waals surface area contributed by atoms with Crippen LogP contribution in [0.25, 0.3) is 10.9 Å². The fraction of sp³-hybridized carbons (Fsp3) is 0.481. The number of carbonyl (C=O) groups is 2. The summed E-state index contributed by atoms with van der Waals surface area (Å²) in [6.45, 7) is 3.38. The SMILES string of the molecule is Cc1c(C(=O)NC(CCC2CC2)C(=O)NCC2=CC=C(CN(C)C)CC2)[nH]c2ccc(Cl)cc12.